The standard InChI is InChI=1S/C10H18N2OS/c1-4-8-9(5-11-7(2)3)14-10(6-13)12-8/h7,11,13H,4-6H2,1-3H3. The smallest absolute Gasteiger partial charge is 0.119 e. The van der Waals surface area contributed by atoms with Gasteiger partial charge in [-0.2, -0.15) is 0 Å². The summed E-state index contributed by atoms with van der Waals surface area (Å²) in [7, 11) is 0. The van der Waals surface area contributed by atoms with E-state index in [0.717, 1.165) is 23.7 Å². The van der Waals surface area contributed by atoms with Crippen LogP contribution in [0.3, 0.4) is 0 Å². The minimum atomic E-state index is 0.0549. The Morgan fingerprint density at radius 3 is 2.71 bits per heavy atom. The van der Waals surface area contributed by atoms with E-state index in [1.54, 1.807) is 11.3 Å². The Balaban J connectivity index is 2.68. The Hall–Kier alpha value is -0.450. The normalized spacial score (nSPS) is 11.2. The molecule has 1 heterocycles. The predicted octanol–water partition coefficient (Wildman–Crippen LogP) is 1.70. The Kier molecular flexibility index (Phi) is 4.51. The lowest BCUT2D eigenvalue weighted by atomic mass is 10.3. The lowest BCUT2D eigenvalue weighted by Crippen LogP contribution is -2.21. The first-order chi connectivity index (χ1) is 6.67. The molecule has 0 bridgehead atoms. The highest BCUT2D eigenvalue weighted by Crippen LogP contribution is 2.19. The fourth-order valence-corrected chi connectivity index (χ4v) is 2.18. The summed E-state index contributed by atoms with van der Waals surface area (Å²) < 4.78 is 0. The zero-order chi connectivity index (χ0) is 10.6. The number of aliphatic hydroxyl groups excluding tert-OH is 1. The number of nitrogens with one attached hydrogen (secondary N) is 1. The van der Waals surface area contributed by atoms with Crippen molar-refractivity contribution in [3.63, 3.8) is 0 Å². The number of rotatable bonds is 5. The molecule has 0 atom stereocenters. The first-order valence-corrected chi connectivity index (χ1v) is 5.80. The second kappa shape index (κ2) is 5.44. The van der Waals surface area contributed by atoms with E-state index < -0.39 is 0 Å². The van der Waals surface area contributed by atoms with Crippen LogP contribution in [0.4, 0.5) is 0 Å². The molecule has 14 heavy (non-hydrogen) atoms. The third-order valence-corrected chi connectivity index (χ3v) is 3.05. The highest BCUT2D eigenvalue weighted by molar-refractivity contribution is 7.11. The van der Waals surface area contributed by atoms with Crippen LogP contribution in [0.1, 0.15) is 36.3 Å². The zero-order valence-electron chi connectivity index (χ0n) is 9.00. The zero-order valence-corrected chi connectivity index (χ0v) is 9.82. The van der Waals surface area contributed by atoms with Gasteiger partial charge in [0, 0.05) is 17.5 Å². The van der Waals surface area contributed by atoms with Gasteiger partial charge in [-0.3, -0.25) is 0 Å². The van der Waals surface area contributed by atoms with Crippen LogP contribution in [0.5, 0.6) is 0 Å². The van der Waals surface area contributed by atoms with E-state index in [1.807, 2.05) is 0 Å². The lowest BCUT2D eigenvalue weighted by molar-refractivity contribution is 0.281. The van der Waals surface area contributed by atoms with Gasteiger partial charge in [0.1, 0.15) is 5.01 Å². The molecule has 80 valence electrons. The molecule has 0 amide bonds. The van der Waals surface area contributed by atoms with E-state index in [9.17, 15) is 0 Å². The SMILES string of the molecule is CCc1nc(CO)sc1CNC(C)C. The Morgan fingerprint density at radius 1 is 1.50 bits per heavy atom. The Labute approximate surface area is 89.2 Å². The summed E-state index contributed by atoms with van der Waals surface area (Å²) >= 11 is 1.60. The van der Waals surface area contributed by atoms with Gasteiger partial charge in [0.15, 0.2) is 0 Å². The maximum atomic E-state index is 8.98. The van der Waals surface area contributed by atoms with Gasteiger partial charge in [-0.25, -0.2) is 4.98 Å². The van der Waals surface area contributed by atoms with Gasteiger partial charge in [0.2, 0.25) is 0 Å². The number of hydrogen-bond acceptors (Lipinski definition) is 4. The van der Waals surface area contributed by atoms with Crippen LogP contribution in [0, 0.1) is 0 Å². The van der Waals surface area contributed by atoms with Gasteiger partial charge in [0.05, 0.1) is 12.3 Å². The van der Waals surface area contributed by atoms with Crippen molar-refractivity contribution >= 4 is 11.3 Å². The third kappa shape index (κ3) is 3.04. The molecule has 1 rings (SSSR count). The van der Waals surface area contributed by atoms with Crippen molar-refractivity contribution in [1.82, 2.24) is 10.3 Å². The molecular formula is C10H18N2OS. The molecule has 0 fully saturated rings. The molecule has 0 saturated heterocycles. The molecule has 0 spiro atoms. The quantitative estimate of drug-likeness (QED) is 0.784. The molecule has 3 nitrogen and oxygen atoms in total. The van der Waals surface area contributed by atoms with Crippen LogP contribution in [-0.4, -0.2) is 16.1 Å². The maximum Gasteiger partial charge on any atom is 0.119 e. The molecule has 0 aliphatic carbocycles. The second-order valence-corrected chi connectivity index (χ2v) is 4.69. The highest BCUT2D eigenvalue weighted by atomic mass is 32.1. The van der Waals surface area contributed by atoms with Crippen molar-refractivity contribution in [2.75, 3.05) is 0 Å². The Morgan fingerprint density at radius 2 is 2.21 bits per heavy atom. The van der Waals surface area contributed by atoms with Crippen molar-refractivity contribution in [3.8, 4) is 0 Å². The second-order valence-electron chi connectivity index (χ2n) is 3.52. The lowest BCUT2D eigenvalue weighted by Gasteiger charge is -2.06. The average molecular weight is 214 g/mol. The fraction of sp³-hybridized carbons (Fsp3) is 0.700. The third-order valence-electron chi connectivity index (χ3n) is 1.96. The first-order valence-electron chi connectivity index (χ1n) is 4.99. The van der Waals surface area contributed by atoms with E-state index >= 15 is 0 Å². The van der Waals surface area contributed by atoms with E-state index in [-0.39, 0.29) is 6.61 Å². The van der Waals surface area contributed by atoms with E-state index in [2.05, 4.69) is 31.1 Å². The van der Waals surface area contributed by atoms with Gasteiger partial charge in [-0.1, -0.05) is 20.8 Å². The predicted molar refractivity (Wildman–Crippen MR) is 59.4 cm³/mol. The topological polar surface area (TPSA) is 45.2 Å². The molecule has 0 aromatic carbocycles. The van der Waals surface area contributed by atoms with Crippen molar-refractivity contribution in [2.45, 2.75) is 46.4 Å². The average Bonchev–Trinajstić information content (AvgIpc) is 2.57. The summed E-state index contributed by atoms with van der Waals surface area (Å²) in [6, 6.07) is 0.486. The van der Waals surface area contributed by atoms with Crippen molar-refractivity contribution in [3.05, 3.63) is 15.6 Å². The molecule has 0 saturated carbocycles. The van der Waals surface area contributed by atoms with Crippen LogP contribution in [-0.2, 0) is 19.6 Å². The molecule has 0 radical (unpaired) electrons. The molecule has 4 heteroatoms. The molecule has 0 aliphatic rings. The van der Waals surface area contributed by atoms with Gasteiger partial charge >= 0.3 is 0 Å². The van der Waals surface area contributed by atoms with E-state index in [0.29, 0.717) is 6.04 Å². The fourth-order valence-electron chi connectivity index (χ4n) is 1.22. The summed E-state index contributed by atoms with van der Waals surface area (Å²) in [6.45, 7) is 7.26. The molecule has 0 aliphatic heterocycles. The number of hydrogen-bond donors (Lipinski definition) is 2. The largest absolute Gasteiger partial charge is 0.389 e. The van der Waals surface area contributed by atoms with Crippen molar-refractivity contribution < 1.29 is 5.11 Å². The molecular weight excluding hydrogens is 196 g/mol. The molecule has 2 N–H and O–H groups in total. The highest BCUT2D eigenvalue weighted by Gasteiger charge is 2.08. The van der Waals surface area contributed by atoms with Crippen LogP contribution < -0.4 is 5.32 Å². The van der Waals surface area contributed by atoms with E-state index in [1.165, 1.54) is 4.88 Å². The summed E-state index contributed by atoms with van der Waals surface area (Å²) in [4.78, 5) is 5.61. The van der Waals surface area contributed by atoms with Gasteiger partial charge in [-0.15, -0.1) is 11.3 Å². The van der Waals surface area contributed by atoms with Crippen molar-refractivity contribution in [1.29, 1.82) is 0 Å². The van der Waals surface area contributed by atoms with Crippen LogP contribution in [0.15, 0.2) is 0 Å². The number of aromatic nitrogens is 1. The first kappa shape index (κ1) is 11.6. The maximum absolute atomic E-state index is 8.98. The number of aryl methyl sites for hydroxylation is 1. The Bertz CT molecular complexity index is 284. The van der Waals surface area contributed by atoms with Crippen LogP contribution >= 0.6 is 11.3 Å². The number of nitrogens with zero attached hydrogens (tertiary/aromatic N) is 1. The van der Waals surface area contributed by atoms with Crippen LogP contribution in [0.25, 0.3) is 0 Å². The van der Waals surface area contributed by atoms with Gasteiger partial charge < -0.3 is 10.4 Å². The summed E-state index contributed by atoms with van der Waals surface area (Å²) in [5, 5.41) is 13.2. The summed E-state index contributed by atoms with van der Waals surface area (Å²) in [5.41, 5.74) is 1.12. The minimum Gasteiger partial charge on any atom is -0.389 e. The monoisotopic (exact) mass is 214 g/mol. The van der Waals surface area contributed by atoms with Gasteiger partial charge in [-0.05, 0) is 6.42 Å². The molecule has 0 unspecified atom stereocenters. The van der Waals surface area contributed by atoms with E-state index in [4.69, 9.17) is 5.11 Å². The van der Waals surface area contributed by atoms with Gasteiger partial charge in [0.25, 0.3) is 0 Å². The molecule has 1 aromatic rings. The molecule has 1 aromatic heterocycles. The summed E-state index contributed by atoms with van der Waals surface area (Å²) in [6.07, 6.45) is 0.936. The number of thiazole rings is 1. The summed E-state index contributed by atoms with van der Waals surface area (Å²) in [5.74, 6) is 0. The van der Waals surface area contributed by atoms with Crippen molar-refractivity contribution in [2.24, 2.45) is 0 Å². The minimum absolute atomic E-state index is 0.0549. The van der Waals surface area contributed by atoms with Crippen LogP contribution in [0.2, 0.25) is 0 Å². The number of aliphatic hydroxyl groups is 1.